The maximum atomic E-state index is 13.5. The monoisotopic (exact) mass is 571 g/mol. The number of nitrogens with one attached hydrogen (secondary N) is 4. The van der Waals surface area contributed by atoms with Gasteiger partial charge in [-0.3, -0.25) is 29.0 Å². The van der Waals surface area contributed by atoms with Crippen molar-refractivity contribution in [2.45, 2.75) is 64.6 Å². The molecular weight excluding hydrogens is 530 g/mol. The molecule has 2 rings (SSSR count). The smallest absolute Gasteiger partial charge is 0.305 e. The van der Waals surface area contributed by atoms with Crippen molar-refractivity contribution in [2.24, 2.45) is 28.3 Å². The minimum Gasteiger partial charge on any atom is -0.481 e. The van der Waals surface area contributed by atoms with Gasteiger partial charge in [0, 0.05) is 6.54 Å². The quantitative estimate of drug-likeness (QED) is 0.0889. The van der Waals surface area contributed by atoms with Crippen molar-refractivity contribution in [3.8, 4) is 0 Å². The second-order valence-electron chi connectivity index (χ2n) is 10.4. The molecule has 0 saturated carbocycles. The number of benzene rings is 1. The van der Waals surface area contributed by atoms with Crippen molar-refractivity contribution in [3.05, 3.63) is 47.5 Å². The number of hydrogen-bond donors (Lipinski definition) is 7. The maximum Gasteiger partial charge on any atom is 0.305 e. The van der Waals surface area contributed by atoms with Crippen LogP contribution in [-0.2, 0) is 30.4 Å². The Morgan fingerprint density at radius 3 is 2.29 bits per heavy atom. The van der Waals surface area contributed by atoms with Gasteiger partial charge < -0.3 is 37.8 Å². The summed E-state index contributed by atoms with van der Waals surface area (Å²) in [5.41, 5.74) is 12.3. The molecular formula is C28H41N7O6. The molecule has 13 nitrogen and oxygen atoms in total. The Balaban J connectivity index is 2.49. The molecule has 1 aliphatic rings. The van der Waals surface area contributed by atoms with E-state index < -0.39 is 60.7 Å². The van der Waals surface area contributed by atoms with Gasteiger partial charge in [-0.1, -0.05) is 55.8 Å². The van der Waals surface area contributed by atoms with Gasteiger partial charge in [0.15, 0.2) is 5.96 Å². The van der Waals surface area contributed by atoms with Gasteiger partial charge in [-0.2, -0.15) is 0 Å². The van der Waals surface area contributed by atoms with E-state index in [0.29, 0.717) is 18.4 Å². The second kappa shape index (κ2) is 16.0. The first kappa shape index (κ1) is 32.8. The second-order valence-corrected chi connectivity index (χ2v) is 10.4. The van der Waals surface area contributed by atoms with Crippen LogP contribution >= 0.6 is 0 Å². The SMILES string of the molecule is C/C1=C\[C@@H](Cc2ccccc2)NC(=O)C(CC(=O)O)NC(=O)CNC(=O)[C@H](CCCN=C(N)N)NC(=O)C1C(C)C. The summed E-state index contributed by atoms with van der Waals surface area (Å²) < 4.78 is 0. The number of aliphatic carboxylic acids is 1. The highest BCUT2D eigenvalue weighted by Gasteiger charge is 2.31. The molecule has 4 atom stereocenters. The summed E-state index contributed by atoms with van der Waals surface area (Å²) in [6.45, 7) is 5.23. The van der Waals surface area contributed by atoms with Crippen molar-refractivity contribution in [1.29, 1.82) is 0 Å². The number of hydrogen-bond acceptors (Lipinski definition) is 6. The Kier molecular flexibility index (Phi) is 12.8. The summed E-state index contributed by atoms with van der Waals surface area (Å²) in [6.07, 6.45) is 2.04. The summed E-state index contributed by atoms with van der Waals surface area (Å²) in [4.78, 5) is 67.8. The lowest BCUT2D eigenvalue weighted by Gasteiger charge is -2.26. The van der Waals surface area contributed by atoms with Crippen molar-refractivity contribution in [1.82, 2.24) is 21.3 Å². The molecule has 0 fully saturated rings. The van der Waals surface area contributed by atoms with Crippen LogP contribution in [0.4, 0.5) is 0 Å². The van der Waals surface area contributed by atoms with Gasteiger partial charge >= 0.3 is 5.97 Å². The highest BCUT2D eigenvalue weighted by Crippen LogP contribution is 2.22. The van der Waals surface area contributed by atoms with E-state index in [9.17, 15) is 29.1 Å². The van der Waals surface area contributed by atoms with Crippen LogP contribution in [0.15, 0.2) is 47.0 Å². The summed E-state index contributed by atoms with van der Waals surface area (Å²) in [7, 11) is 0. The van der Waals surface area contributed by atoms with E-state index in [1.807, 2.05) is 44.2 Å². The third-order valence-corrected chi connectivity index (χ3v) is 6.56. The van der Waals surface area contributed by atoms with Crippen LogP contribution < -0.4 is 32.7 Å². The van der Waals surface area contributed by atoms with E-state index in [-0.39, 0.29) is 30.8 Å². The largest absolute Gasteiger partial charge is 0.481 e. The summed E-state index contributed by atoms with van der Waals surface area (Å²) in [5.74, 6) is -4.64. The number of nitrogens with two attached hydrogens (primary N) is 2. The van der Waals surface area contributed by atoms with Crippen molar-refractivity contribution in [3.63, 3.8) is 0 Å². The molecule has 41 heavy (non-hydrogen) atoms. The molecule has 2 unspecified atom stereocenters. The van der Waals surface area contributed by atoms with Crippen LogP contribution in [0.5, 0.6) is 0 Å². The Hall–Kier alpha value is -4.42. The fourth-order valence-electron chi connectivity index (χ4n) is 4.71. The van der Waals surface area contributed by atoms with Crippen LogP contribution in [0.25, 0.3) is 0 Å². The number of carbonyl (C=O) groups excluding carboxylic acids is 4. The Morgan fingerprint density at radius 1 is 1.00 bits per heavy atom. The number of amides is 4. The van der Waals surface area contributed by atoms with E-state index in [1.165, 1.54) is 0 Å². The van der Waals surface area contributed by atoms with E-state index in [2.05, 4.69) is 26.3 Å². The van der Waals surface area contributed by atoms with Gasteiger partial charge in [-0.05, 0) is 37.7 Å². The van der Waals surface area contributed by atoms with E-state index in [1.54, 1.807) is 13.0 Å². The highest BCUT2D eigenvalue weighted by molar-refractivity contribution is 5.94. The fraction of sp³-hybridized carbons (Fsp3) is 0.500. The molecule has 0 saturated heterocycles. The Labute approximate surface area is 239 Å². The van der Waals surface area contributed by atoms with Gasteiger partial charge in [0.1, 0.15) is 12.1 Å². The highest BCUT2D eigenvalue weighted by atomic mass is 16.4. The number of rotatable bonds is 9. The van der Waals surface area contributed by atoms with Crippen molar-refractivity contribution in [2.75, 3.05) is 13.1 Å². The Morgan fingerprint density at radius 2 is 1.68 bits per heavy atom. The number of aliphatic imine (C=N–C) groups is 1. The normalized spacial score (nSPS) is 24.0. The lowest BCUT2D eigenvalue weighted by Crippen LogP contribution is -2.53. The lowest BCUT2D eigenvalue weighted by atomic mass is 9.86. The van der Waals surface area contributed by atoms with E-state index in [0.717, 1.165) is 5.56 Å². The molecule has 0 radical (unpaired) electrons. The first-order valence-electron chi connectivity index (χ1n) is 13.5. The predicted octanol–water partition coefficient (Wildman–Crippen LogP) is -0.440. The topological polar surface area (TPSA) is 218 Å². The van der Waals surface area contributed by atoms with Crippen LogP contribution in [-0.4, -0.2) is 71.9 Å². The molecule has 1 aliphatic heterocycles. The summed E-state index contributed by atoms with van der Waals surface area (Å²) in [6, 6.07) is 6.36. The molecule has 0 aromatic heterocycles. The van der Waals surface area contributed by atoms with Gasteiger partial charge in [0.25, 0.3) is 0 Å². The fourth-order valence-corrected chi connectivity index (χ4v) is 4.71. The summed E-state index contributed by atoms with van der Waals surface area (Å²) in [5, 5.41) is 19.9. The van der Waals surface area contributed by atoms with Gasteiger partial charge in [-0.15, -0.1) is 0 Å². The zero-order valence-electron chi connectivity index (χ0n) is 23.7. The van der Waals surface area contributed by atoms with E-state index in [4.69, 9.17) is 11.5 Å². The van der Waals surface area contributed by atoms with Crippen LogP contribution in [0.2, 0.25) is 0 Å². The number of nitrogens with zero attached hydrogens (tertiary/aromatic N) is 1. The molecule has 1 heterocycles. The lowest BCUT2D eigenvalue weighted by molar-refractivity contribution is -0.140. The van der Waals surface area contributed by atoms with Crippen molar-refractivity contribution < 1.29 is 29.1 Å². The molecule has 0 bridgehead atoms. The molecule has 224 valence electrons. The zero-order valence-corrected chi connectivity index (χ0v) is 23.7. The average molecular weight is 572 g/mol. The molecule has 13 heteroatoms. The summed E-state index contributed by atoms with van der Waals surface area (Å²) >= 11 is 0. The van der Waals surface area contributed by atoms with Crippen LogP contribution in [0.1, 0.15) is 45.6 Å². The van der Waals surface area contributed by atoms with Gasteiger partial charge in [0.05, 0.1) is 24.9 Å². The molecule has 4 amide bonds. The third-order valence-electron chi connectivity index (χ3n) is 6.56. The Bertz CT molecular complexity index is 1150. The molecule has 1 aromatic carbocycles. The first-order valence-corrected chi connectivity index (χ1v) is 13.5. The molecule has 0 spiro atoms. The van der Waals surface area contributed by atoms with Crippen molar-refractivity contribution >= 4 is 35.6 Å². The predicted molar refractivity (Wildman–Crippen MR) is 153 cm³/mol. The first-order chi connectivity index (χ1) is 19.4. The number of carboxylic acid groups (broad SMARTS) is 1. The minimum absolute atomic E-state index is 0.0954. The standard InChI is InChI=1S/C28H41N7O6/c1-16(2)24-17(3)12-19(13-18-8-5-4-6-9-18)33-26(40)21(14-23(37)38)34-22(36)15-32-25(39)20(35-27(24)41)10-7-11-31-28(29)30/h4-6,8-9,12,16,19-21,24H,7,10-11,13-15H2,1-3H3,(H,32,39)(H,33,40)(H,34,36)(H,35,41)(H,37,38)(H4,29,30,31)/b17-12+/t19-,20-,21?,24?/m0/s1. The molecule has 0 aliphatic carbocycles. The van der Waals surface area contributed by atoms with E-state index >= 15 is 0 Å². The van der Waals surface area contributed by atoms with Gasteiger partial charge in [-0.25, -0.2) is 0 Å². The molecule has 9 N–H and O–H groups in total. The average Bonchev–Trinajstić information content (AvgIpc) is 2.88. The van der Waals surface area contributed by atoms with Gasteiger partial charge in [0.2, 0.25) is 23.6 Å². The number of guanidine groups is 1. The van der Waals surface area contributed by atoms with Crippen LogP contribution in [0, 0.1) is 11.8 Å². The number of carbonyl (C=O) groups is 5. The number of carboxylic acids is 1. The van der Waals surface area contributed by atoms with Crippen LogP contribution in [0.3, 0.4) is 0 Å². The molecule has 1 aromatic rings. The minimum atomic E-state index is -1.38. The zero-order chi connectivity index (χ0) is 30.5. The maximum absolute atomic E-state index is 13.5. The third kappa shape index (κ3) is 11.3.